The lowest BCUT2D eigenvalue weighted by molar-refractivity contribution is -0.126. The monoisotopic (exact) mass is 358 g/mol. The largest absolute Gasteiger partial charge is 0.391 e. The molecule has 0 bridgehead atoms. The average Bonchev–Trinajstić information content (AvgIpc) is 2.89. The van der Waals surface area contributed by atoms with Gasteiger partial charge in [-0.05, 0) is 44.4 Å². The molecule has 0 aromatic heterocycles. The lowest BCUT2D eigenvalue weighted by atomic mass is 9.99. The van der Waals surface area contributed by atoms with Crippen molar-refractivity contribution in [1.82, 2.24) is 9.80 Å². The van der Waals surface area contributed by atoms with Crippen LogP contribution in [0.2, 0.25) is 0 Å². The van der Waals surface area contributed by atoms with Gasteiger partial charge in [0.25, 0.3) is 0 Å². The Hall–Kier alpha value is -1.69. The quantitative estimate of drug-likeness (QED) is 0.838. The van der Waals surface area contributed by atoms with E-state index in [9.17, 15) is 9.90 Å². The Morgan fingerprint density at radius 2 is 1.85 bits per heavy atom. The van der Waals surface area contributed by atoms with Gasteiger partial charge in [0.2, 0.25) is 5.91 Å². The summed E-state index contributed by atoms with van der Waals surface area (Å²) in [5.74, 6) is 0.0235. The number of hydrogen-bond acceptors (Lipinski definition) is 4. The second-order valence-electron chi connectivity index (χ2n) is 7.29. The predicted octanol–water partition coefficient (Wildman–Crippen LogP) is 2.16. The van der Waals surface area contributed by atoms with E-state index in [0.29, 0.717) is 25.6 Å². The van der Waals surface area contributed by atoms with Crippen molar-refractivity contribution in [3.8, 4) is 0 Å². The molecule has 0 radical (unpaired) electrons. The standard InChI is InChI=1S/C21H30N2O3/c1-22(18-11-15-26-16-12-18)19-9-13-23(14-10-20(19)24)21(25)8-7-17-5-3-2-4-6-17/h2-8,18-20,24H,9-16H2,1H3/b8-7+/t19-,20-/m0/s1. The van der Waals surface area contributed by atoms with Crippen LogP contribution in [-0.2, 0) is 9.53 Å². The predicted molar refractivity (Wildman–Crippen MR) is 103 cm³/mol. The zero-order valence-corrected chi connectivity index (χ0v) is 15.6. The van der Waals surface area contributed by atoms with Crippen molar-refractivity contribution in [1.29, 1.82) is 0 Å². The Morgan fingerprint density at radius 3 is 2.58 bits per heavy atom. The fraction of sp³-hybridized carbons (Fsp3) is 0.571. The summed E-state index contributed by atoms with van der Waals surface area (Å²) in [5, 5.41) is 10.6. The number of ether oxygens (including phenoxy) is 1. The number of carbonyl (C=O) groups is 1. The SMILES string of the molecule is CN(C1CCOCC1)[C@H]1CCN(C(=O)/C=C/c2ccccc2)CC[C@@H]1O. The van der Waals surface area contributed by atoms with Crippen LogP contribution in [-0.4, -0.2) is 72.4 Å². The number of hydrogen-bond donors (Lipinski definition) is 1. The summed E-state index contributed by atoms with van der Waals surface area (Å²) in [6.45, 7) is 2.89. The Kier molecular flexibility index (Phi) is 6.83. The normalized spacial score (nSPS) is 25.6. The van der Waals surface area contributed by atoms with E-state index >= 15 is 0 Å². The molecule has 5 nitrogen and oxygen atoms in total. The second kappa shape index (κ2) is 9.31. The average molecular weight is 358 g/mol. The molecule has 2 atom stereocenters. The zero-order valence-electron chi connectivity index (χ0n) is 15.6. The highest BCUT2D eigenvalue weighted by Gasteiger charge is 2.32. The van der Waals surface area contributed by atoms with E-state index in [1.807, 2.05) is 41.3 Å². The van der Waals surface area contributed by atoms with Crippen molar-refractivity contribution in [3.05, 3.63) is 42.0 Å². The molecule has 0 saturated carbocycles. The molecule has 1 N–H and O–H groups in total. The van der Waals surface area contributed by atoms with Crippen LogP contribution in [0.5, 0.6) is 0 Å². The molecule has 3 rings (SSSR count). The van der Waals surface area contributed by atoms with Gasteiger partial charge in [0.1, 0.15) is 0 Å². The maximum Gasteiger partial charge on any atom is 0.246 e. The van der Waals surface area contributed by atoms with Gasteiger partial charge in [0, 0.05) is 44.5 Å². The highest BCUT2D eigenvalue weighted by Crippen LogP contribution is 2.23. The van der Waals surface area contributed by atoms with Crippen molar-refractivity contribution < 1.29 is 14.6 Å². The molecular formula is C21H30N2O3. The number of rotatable bonds is 4. The van der Waals surface area contributed by atoms with E-state index in [2.05, 4.69) is 11.9 Å². The Morgan fingerprint density at radius 1 is 1.15 bits per heavy atom. The molecule has 2 heterocycles. The summed E-state index contributed by atoms with van der Waals surface area (Å²) in [5.41, 5.74) is 1.02. The molecule has 5 heteroatoms. The van der Waals surface area contributed by atoms with Gasteiger partial charge in [-0.1, -0.05) is 30.3 Å². The minimum atomic E-state index is -0.390. The van der Waals surface area contributed by atoms with Gasteiger partial charge < -0.3 is 14.7 Å². The Bertz CT molecular complexity index is 599. The topological polar surface area (TPSA) is 53.0 Å². The van der Waals surface area contributed by atoms with Crippen LogP contribution in [0.3, 0.4) is 0 Å². The summed E-state index contributed by atoms with van der Waals surface area (Å²) in [4.78, 5) is 16.7. The third-order valence-corrected chi connectivity index (χ3v) is 5.65. The Labute approximate surface area is 156 Å². The highest BCUT2D eigenvalue weighted by atomic mass is 16.5. The molecule has 1 aromatic rings. The Balaban J connectivity index is 1.57. The molecule has 2 aliphatic heterocycles. The number of aliphatic hydroxyl groups excluding tert-OH is 1. The fourth-order valence-electron chi connectivity index (χ4n) is 3.97. The van der Waals surface area contributed by atoms with Crippen molar-refractivity contribution in [3.63, 3.8) is 0 Å². The summed E-state index contributed by atoms with van der Waals surface area (Å²) < 4.78 is 5.45. The first-order valence-corrected chi connectivity index (χ1v) is 9.65. The van der Waals surface area contributed by atoms with E-state index in [1.165, 1.54) is 0 Å². The van der Waals surface area contributed by atoms with Crippen LogP contribution in [0.25, 0.3) is 6.08 Å². The number of benzene rings is 1. The first-order chi connectivity index (χ1) is 12.6. The van der Waals surface area contributed by atoms with E-state index < -0.39 is 6.10 Å². The van der Waals surface area contributed by atoms with Crippen molar-refractivity contribution in [2.75, 3.05) is 33.4 Å². The molecule has 0 aliphatic carbocycles. The minimum Gasteiger partial charge on any atom is -0.391 e. The van der Waals surface area contributed by atoms with Gasteiger partial charge in [-0.2, -0.15) is 0 Å². The first-order valence-electron chi connectivity index (χ1n) is 9.65. The summed E-state index contributed by atoms with van der Waals surface area (Å²) in [7, 11) is 2.11. The van der Waals surface area contributed by atoms with Gasteiger partial charge in [-0.25, -0.2) is 0 Å². The van der Waals surface area contributed by atoms with Crippen LogP contribution in [0.1, 0.15) is 31.2 Å². The maximum absolute atomic E-state index is 12.5. The van der Waals surface area contributed by atoms with Gasteiger partial charge in [-0.15, -0.1) is 0 Å². The number of amides is 1. The van der Waals surface area contributed by atoms with E-state index in [-0.39, 0.29) is 11.9 Å². The maximum atomic E-state index is 12.5. The van der Waals surface area contributed by atoms with Gasteiger partial charge in [-0.3, -0.25) is 9.69 Å². The van der Waals surface area contributed by atoms with Crippen LogP contribution in [0.15, 0.2) is 36.4 Å². The molecule has 2 saturated heterocycles. The first kappa shape index (κ1) is 19.1. The lowest BCUT2D eigenvalue weighted by Crippen LogP contribution is -2.48. The molecule has 26 heavy (non-hydrogen) atoms. The zero-order chi connectivity index (χ0) is 18.4. The second-order valence-corrected chi connectivity index (χ2v) is 7.29. The molecular weight excluding hydrogens is 328 g/mol. The van der Waals surface area contributed by atoms with Gasteiger partial charge >= 0.3 is 0 Å². The van der Waals surface area contributed by atoms with E-state index in [0.717, 1.165) is 38.0 Å². The van der Waals surface area contributed by atoms with Gasteiger partial charge in [0.05, 0.1) is 6.10 Å². The molecule has 1 amide bonds. The van der Waals surface area contributed by atoms with Crippen LogP contribution in [0, 0.1) is 0 Å². The number of nitrogens with zero attached hydrogens (tertiary/aromatic N) is 2. The van der Waals surface area contributed by atoms with Crippen molar-refractivity contribution in [2.45, 2.75) is 43.9 Å². The molecule has 2 aliphatic rings. The molecule has 2 fully saturated rings. The van der Waals surface area contributed by atoms with Crippen molar-refractivity contribution >= 4 is 12.0 Å². The van der Waals surface area contributed by atoms with E-state index in [1.54, 1.807) is 6.08 Å². The summed E-state index contributed by atoms with van der Waals surface area (Å²) >= 11 is 0. The molecule has 0 unspecified atom stereocenters. The van der Waals surface area contributed by atoms with Gasteiger partial charge in [0.15, 0.2) is 0 Å². The highest BCUT2D eigenvalue weighted by molar-refractivity contribution is 5.91. The smallest absolute Gasteiger partial charge is 0.246 e. The number of aliphatic hydroxyl groups is 1. The third kappa shape index (κ3) is 4.93. The molecule has 142 valence electrons. The van der Waals surface area contributed by atoms with Crippen LogP contribution in [0.4, 0.5) is 0 Å². The summed E-state index contributed by atoms with van der Waals surface area (Å²) in [6, 6.07) is 10.4. The minimum absolute atomic E-state index is 0.0235. The molecule has 1 aromatic carbocycles. The molecule has 0 spiro atoms. The third-order valence-electron chi connectivity index (χ3n) is 5.65. The number of likely N-dealkylation sites (tertiary alicyclic amines) is 1. The van der Waals surface area contributed by atoms with Crippen LogP contribution < -0.4 is 0 Å². The summed E-state index contributed by atoms with van der Waals surface area (Å²) in [6.07, 6.45) is 6.58. The van der Waals surface area contributed by atoms with E-state index in [4.69, 9.17) is 4.74 Å². The lowest BCUT2D eigenvalue weighted by Gasteiger charge is -2.38. The fourth-order valence-corrected chi connectivity index (χ4v) is 3.97. The van der Waals surface area contributed by atoms with Crippen molar-refractivity contribution in [2.24, 2.45) is 0 Å². The van der Waals surface area contributed by atoms with Crippen LogP contribution >= 0.6 is 0 Å². The number of carbonyl (C=O) groups excluding carboxylic acids is 1. The number of likely N-dealkylation sites (N-methyl/N-ethyl adjacent to an activating group) is 1.